The summed E-state index contributed by atoms with van der Waals surface area (Å²) in [4.78, 5) is 16.9. The van der Waals surface area contributed by atoms with Gasteiger partial charge in [0.15, 0.2) is 0 Å². The number of carbonyl (C=O) groups is 1. The van der Waals surface area contributed by atoms with Gasteiger partial charge in [0.1, 0.15) is 0 Å². The van der Waals surface area contributed by atoms with Gasteiger partial charge in [-0.25, -0.2) is 0 Å². The van der Waals surface area contributed by atoms with Crippen molar-refractivity contribution in [3.63, 3.8) is 0 Å². The van der Waals surface area contributed by atoms with Crippen LogP contribution >= 0.6 is 24.8 Å². The predicted octanol–water partition coefficient (Wildman–Crippen LogP) is 3.20. The van der Waals surface area contributed by atoms with Crippen molar-refractivity contribution in [2.45, 2.75) is 33.2 Å². The van der Waals surface area contributed by atoms with Crippen LogP contribution in [0.25, 0.3) is 0 Å². The summed E-state index contributed by atoms with van der Waals surface area (Å²) in [5.74, 6) is 0.147. The van der Waals surface area contributed by atoms with Crippen LogP contribution in [0.2, 0.25) is 0 Å². The lowest BCUT2D eigenvalue weighted by atomic mass is 10.1. The van der Waals surface area contributed by atoms with Gasteiger partial charge in [-0.15, -0.1) is 24.8 Å². The molecule has 1 aliphatic rings. The summed E-state index contributed by atoms with van der Waals surface area (Å²) < 4.78 is 0. The second-order valence-corrected chi connectivity index (χ2v) is 5.68. The molecule has 0 radical (unpaired) electrons. The number of hydrogen-bond donors (Lipinski definition) is 1. The van der Waals surface area contributed by atoms with E-state index in [4.69, 9.17) is 0 Å². The third-order valence-electron chi connectivity index (χ3n) is 4.12. The highest BCUT2D eigenvalue weighted by Gasteiger charge is 2.23. The summed E-state index contributed by atoms with van der Waals surface area (Å²) in [6.45, 7) is 11.0. The molecule has 1 aromatic carbocycles. The number of anilines is 1. The van der Waals surface area contributed by atoms with Crippen molar-refractivity contribution in [3.05, 3.63) is 29.8 Å². The molecule has 0 aromatic heterocycles. The normalized spacial score (nSPS) is 17.0. The van der Waals surface area contributed by atoms with Gasteiger partial charge in [-0.1, -0.05) is 6.92 Å². The Morgan fingerprint density at radius 3 is 2.43 bits per heavy atom. The van der Waals surface area contributed by atoms with Crippen LogP contribution in [-0.2, 0) is 0 Å². The number of nitrogens with zero attached hydrogens (tertiary/aromatic N) is 2. The Morgan fingerprint density at radius 1 is 1.26 bits per heavy atom. The minimum absolute atomic E-state index is 0. The van der Waals surface area contributed by atoms with E-state index in [1.54, 1.807) is 0 Å². The van der Waals surface area contributed by atoms with Crippen LogP contribution in [0.1, 0.15) is 37.6 Å². The number of carbonyl (C=O) groups excluding carboxylic acids is 1. The number of benzene rings is 1. The molecular formula is C17H29Cl2N3O. The first-order chi connectivity index (χ1) is 10.2. The van der Waals surface area contributed by atoms with E-state index in [1.165, 1.54) is 5.69 Å². The molecule has 23 heavy (non-hydrogen) atoms. The van der Waals surface area contributed by atoms with E-state index in [0.717, 1.165) is 44.7 Å². The molecule has 0 spiro atoms. The molecule has 1 unspecified atom stereocenters. The van der Waals surface area contributed by atoms with Gasteiger partial charge in [0.2, 0.25) is 0 Å². The topological polar surface area (TPSA) is 35.6 Å². The van der Waals surface area contributed by atoms with Crippen molar-refractivity contribution in [2.75, 3.05) is 37.6 Å². The first-order valence-corrected chi connectivity index (χ1v) is 8.04. The van der Waals surface area contributed by atoms with E-state index >= 15 is 0 Å². The standard InChI is InChI=1S/C17H27N3O.2ClH/c1-4-11-19(5-2)16-8-6-15(7-9-16)17(21)20-12-10-18-13-14(20)3;;/h6-9,14,18H,4-5,10-13H2,1-3H3;2*1H. The summed E-state index contributed by atoms with van der Waals surface area (Å²) in [5.41, 5.74) is 1.99. The lowest BCUT2D eigenvalue weighted by Crippen LogP contribution is -2.52. The molecule has 1 atom stereocenters. The summed E-state index contributed by atoms with van der Waals surface area (Å²) in [7, 11) is 0. The summed E-state index contributed by atoms with van der Waals surface area (Å²) in [6, 6.07) is 8.33. The first kappa shape index (κ1) is 22.0. The van der Waals surface area contributed by atoms with Gasteiger partial charge in [-0.3, -0.25) is 4.79 Å². The quantitative estimate of drug-likeness (QED) is 0.874. The van der Waals surface area contributed by atoms with Gasteiger partial charge >= 0.3 is 0 Å². The zero-order valence-electron chi connectivity index (χ0n) is 14.2. The van der Waals surface area contributed by atoms with Gasteiger partial charge in [0.05, 0.1) is 0 Å². The molecule has 0 bridgehead atoms. The molecule has 0 aliphatic carbocycles. The maximum Gasteiger partial charge on any atom is 0.254 e. The Labute approximate surface area is 152 Å². The molecule has 4 nitrogen and oxygen atoms in total. The second-order valence-electron chi connectivity index (χ2n) is 5.68. The number of amides is 1. The van der Waals surface area contributed by atoms with Crippen LogP contribution in [0, 0.1) is 0 Å². The van der Waals surface area contributed by atoms with Gasteiger partial charge in [-0.2, -0.15) is 0 Å². The largest absolute Gasteiger partial charge is 0.372 e. The molecule has 132 valence electrons. The molecule has 1 aromatic rings. The zero-order valence-corrected chi connectivity index (χ0v) is 15.9. The minimum Gasteiger partial charge on any atom is -0.372 e. The zero-order chi connectivity index (χ0) is 15.2. The highest BCUT2D eigenvalue weighted by Crippen LogP contribution is 2.17. The Hall–Kier alpha value is -0.970. The average Bonchev–Trinajstić information content (AvgIpc) is 2.52. The molecule has 1 fully saturated rings. The summed E-state index contributed by atoms with van der Waals surface area (Å²) >= 11 is 0. The second kappa shape index (κ2) is 10.7. The molecule has 2 rings (SSSR count). The van der Waals surface area contributed by atoms with Crippen LogP contribution in [0.3, 0.4) is 0 Å². The lowest BCUT2D eigenvalue weighted by molar-refractivity contribution is 0.0656. The van der Waals surface area contributed by atoms with Crippen molar-refractivity contribution >= 4 is 36.4 Å². The highest BCUT2D eigenvalue weighted by molar-refractivity contribution is 5.94. The van der Waals surface area contributed by atoms with Gasteiger partial charge in [-0.05, 0) is 44.5 Å². The Bertz CT molecular complexity index is 467. The Kier molecular flexibility index (Phi) is 10.3. The van der Waals surface area contributed by atoms with E-state index < -0.39 is 0 Å². The molecule has 1 heterocycles. The SMILES string of the molecule is CCCN(CC)c1ccc(C(=O)N2CCNCC2C)cc1.Cl.Cl. The van der Waals surface area contributed by atoms with Crippen molar-refractivity contribution < 1.29 is 4.79 Å². The third kappa shape index (κ3) is 5.55. The summed E-state index contributed by atoms with van der Waals surface area (Å²) in [6.07, 6.45) is 1.13. The number of rotatable bonds is 5. The Balaban J connectivity index is 0.00000242. The van der Waals surface area contributed by atoms with Crippen LogP contribution in [0.15, 0.2) is 24.3 Å². The molecular weight excluding hydrogens is 333 g/mol. The van der Waals surface area contributed by atoms with Crippen molar-refractivity contribution in [1.82, 2.24) is 10.2 Å². The maximum atomic E-state index is 12.6. The molecule has 0 saturated carbocycles. The molecule has 1 N–H and O–H groups in total. The molecule has 1 aliphatic heterocycles. The third-order valence-corrected chi connectivity index (χ3v) is 4.12. The fourth-order valence-electron chi connectivity index (χ4n) is 2.86. The van der Waals surface area contributed by atoms with Gasteiger partial charge < -0.3 is 15.1 Å². The van der Waals surface area contributed by atoms with Gasteiger partial charge in [0.25, 0.3) is 5.91 Å². The maximum absolute atomic E-state index is 12.6. The first-order valence-electron chi connectivity index (χ1n) is 8.04. The van der Waals surface area contributed by atoms with Crippen LogP contribution in [-0.4, -0.2) is 49.6 Å². The van der Waals surface area contributed by atoms with E-state index in [0.29, 0.717) is 0 Å². The minimum atomic E-state index is 0. The molecule has 1 saturated heterocycles. The number of halogens is 2. The van der Waals surface area contributed by atoms with Crippen molar-refractivity contribution in [1.29, 1.82) is 0 Å². The summed E-state index contributed by atoms with van der Waals surface area (Å²) in [5, 5.41) is 3.32. The fraction of sp³-hybridized carbons (Fsp3) is 0.588. The van der Waals surface area contributed by atoms with Crippen molar-refractivity contribution in [3.8, 4) is 0 Å². The number of nitrogens with one attached hydrogen (secondary N) is 1. The highest BCUT2D eigenvalue weighted by atomic mass is 35.5. The van der Waals surface area contributed by atoms with E-state index in [-0.39, 0.29) is 36.8 Å². The van der Waals surface area contributed by atoms with Crippen LogP contribution < -0.4 is 10.2 Å². The molecule has 1 amide bonds. The Morgan fingerprint density at radius 2 is 1.91 bits per heavy atom. The monoisotopic (exact) mass is 361 g/mol. The van der Waals surface area contributed by atoms with Crippen LogP contribution in [0.5, 0.6) is 0 Å². The lowest BCUT2D eigenvalue weighted by Gasteiger charge is -2.34. The number of piperazine rings is 1. The van der Waals surface area contributed by atoms with Gasteiger partial charge in [0, 0.05) is 50.0 Å². The van der Waals surface area contributed by atoms with Crippen LogP contribution in [0.4, 0.5) is 5.69 Å². The fourth-order valence-corrected chi connectivity index (χ4v) is 2.86. The smallest absolute Gasteiger partial charge is 0.254 e. The average molecular weight is 362 g/mol. The predicted molar refractivity (Wildman–Crippen MR) is 102 cm³/mol. The number of hydrogen-bond acceptors (Lipinski definition) is 3. The van der Waals surface area contributed by atoms with E-state index in [2.05, 4.69) is 43.1 Å². The van der Waals surface area contributed by atoms with E-state index in [1.807, 2.05) is 17.0 Å². The van der Waals surface area contributed by atoms with Crippen molar-refractivity contribution in [2.24, 2.45) is 0 Å². The van der Waals surface area contributed by atoms with E-state index in [9.17, 15) is 4.79 Å². The molecule has 6 heteroatoms.